The first kappa shape index (κ1) is 20.7. The molecule has 31 heavy (non-hydrogen) atoms. The maximum absolute atomic E-state index is 13.8. The van der Waals surface area contributed by atoms with Crippen LogP contribution in [0.1, 0.15) is 10.6 Å². The zero-order chi connectivity index (χ0) is 21.6. The van der Waals surface area contributed by atoms with E-state index in [1.807, 2.05) is 47.8 Å². The van der Waals surface area contributed by atoms with Crippen molar-refractivity contribution >= 4 is 22.9 Å². The van der Waals surface area contributed by atoms with Gasteiger partial charge in [-0.15, -0.1) is 16.4 Å². The van der Waals surface area contributed by atoms with Crippen LogP contribution in [0.15, 0.2) is 66.0 Å². The van der Waals surface area contributed by atoms with Crippen LogP contribution in [-0.2, 0) is 4.74 Å². The molecule has 4 aromatic rings. The van der Waals surface area contributed by atoms with Gasteiger partial charge >= 0.3 is 0 Å². The zero-order valence-corrected chi connectivity index (χ0v) is 17.4. The number of rotatable bonds is 8. The van der Waals surface area contributed by atoms with Gasteiger partial charge < -0.3 is 14.8 Å². The normalized spacial score (nSPS) is 10.8. The number of hydrogen-bond donors (Lipinski definition) is 1. The zero-order valence-electron chi connectivity index (χ0n) is 16.6. The minimum atomic E-state index is -0.574. The van der Waals surface area contributed by atoms with Crippen molar-refractivity contribution in [2.24, 2.45) is 0 Å². The van der Waals surface area contributed by atoms with Crippen LogP contribution in [0.3, 0.4) is 0 Å². The topological polar surface area (TPSA) is 78.3 Å². The number of benzene rings is 2. The molecule has 0 aliphatic heterocycles. The average Bonchev–Trinajstić information content (AvgIpc) is 3.46. The van der Waals surface area contributed by atoms with Crippen LogP contribution in [0.2, 0.25) is 0 Å². The van der Waals surface area contributed by atoms with E-state index in [2.05, 4.69) is 15.4 Å². The van der Waals surface area contributed by atoms with E-state index in [4.69, 9.17) is 9.47 Å². The molecule has 0 fully saturated rings. The van der Waals surface area contributed by atoms with Crippen molar-refractivity contribution in [2.75, 3.05) is 25.6 Å². The first-order chi connectivity index (χ1) is 15.2. The van der Waals surface area contributed by atoms with Crippen molar-refractivity contribution in [3.05, 3.63) is 77.7 Å². The molecule has 2 heterocycles. The SMILES string of the molecule is COCCOc1ccc(F)cc1NC(=O)c1nc(-c2cccs2)n(-c2ccccc2)n1. The molecule has 0 atom stereocenters. The fourth-order valence-corrected chi connectivity index (χ4v) is 3.56. The highest BCUT2D eigenvalue weighted by Crippen LogP contribution is 2.28. The number of carbonyl (C=O) groups excluding carboxylic acids is 1. The van der Waals surface area contributed by atoms with E-state index in [1.54, 1.807) is 11.8 Å². The van der Waals surface area contributed by atoms with E-state index in [0.29, 0.717) is 18.2 Å². The predicted octanol–water partition coefficient (Wildman–Crippen LogP) is 4.41. The van der Waals surface area contributed by atoms with Gasteiger partial charge in [-0.3, -0.25) is 4.79 Å². The second-order valence-corrected chi connectivity index (χ2v) is 7.37. The number of ether oxygens (including phenoxy) is 2. The monoisotopic (exact) mass is 438 g/mol. The number of anilines is 1. The number of nitrogens with one attached hydrogen (secondary N) is 1. The van der Waals surface area contributed by atoms with Crippen molar-refractivity contribution in [2.45, 2.75) is 0 Å². The number of thiophene rings is 1. The first-order valence-corrected chi connectivity index (χ1v) is 10.3. The molecule has 9 heteroatoms. The van der Waals surface area contributed by atoms with E-state index in [-0.39, 0.29) is 18.1 Å². The van der Waals surface area contributed by atoms with Crippen molar-refractivity contribution in [3.8, 4) is 22.1 Å². The Hall–Kier alpha value is -3.56. The van der Waals surface area contributed by atoms with E-state index in [0.717, 1.165) is 10.6 Å². The summed E-state index contributed by atoms with van der Waals surface area (Å²) in [6, 6.07) is 17.1. The molecule has 0 saturated carbocycles. The largest absolute Gasteiger partial charge is 0.489 e. The van der Waals surface area contributed by atoms with Gasteiger partial charge in [-0.2, -0.15) is 0 Å². The summed E-state index contributed by atoms with van der Waals surface area (Å²) in [4.78, 5) is 18.2. The lowest BCUT2D eigenvalue weighted by Gasteiger charge is -2.11. The van der Waals surface area contributed by atoms with Gasteiger partial charge in [0.1, 0.15) is 18.2 Å². The Morgan fingerprint density at radius 2 is 1.97 bits per heavy atom. The maximum Gasteiger partial charge on any atom is 0.295 e. The van der Waals surface area contributed by atoms with E-state index in [1.165, 1.54) is 29.5 Å². The third kappa shape index (κ3) is 4.79. The van der Waals surface area contributed by atoms with E-state index >= 15 is 0 Å². The summed E-state index contributed by atoms with van der Waals surface area (Å²) < 4.78 is 26.0. The van der Waals surface area contributed by atoms with Crippen LogP contribution >= 0.6 is 11.3 Å². The van der Waals surface area contributed by atoms with Crippen LogP contribution in [-0.4, -0.2) is 41.0 Å². The quantitative estimate of drug-likeness (QED) is 0.412. The van der Waals surface area contributed by atoms with Gasteiger partial charge in [0.15, 0.2) is 5.82 Å². The second kappa shape index (κ2) is 9.50. The summed E-state index contributed by atoms with van der Waals surface area (Å²) in [7, 11) is 1.55. The summed E-state index contributed by atoms with van der Waals surface area (Å²) >= 11 is 1.49. The summed E-state index contributed by atoms with van der Waals surface area (Å²) in [6.45, 7) is 0.617. The van der Waals surface area contributed by atoms with Crippen LogP contribution < -0.4 is 10.1 Å². The minimum absolute atomic E-state index is 0.0423. The van der Waals surface area contributed by atoms with Crippen LogP contribution in [0.25, 0.3) is 16.4 Å². The molecular formula is C22H19FN4O3S. The maximum atomic E-state index is 13.8. The van der Waals surface area contributed by atoms with Gasteiger partial charge in [-0.05, 0) is 35.7 Å². The fraction of sp³-hybridized carbons (Fsp3) is 0.136. The van der Waals surface area contributed by atoms with Gasteiger partial charge in [0.2, 0.25) is 5.82 Å². The molecule has 0 spiro atoms. The number of hydrogen-bond acceptors (Lipinski definition) is 6. The molecule has 1 N–H and O–H groups in total. The minimum Gasteiger partial charge on any atom is -0.489 e. The van der Waals surface area contributed by atoms with Crippen LogP contribution in [0, 0.1) is 5.82 Å². The smallest absolute Gasteiger partial charge is 0.295 e. The highest BCUT2D eigenvalue weighted by Gasteiger charge is 2.20. The lowest BCUT2D eigenvalue weighted by molar-refractivity contribution is 0.101. The Kier molecular flexibility index (Phi) is 6.34. The van der Waals surface area contributed by atoms with Gasteiger partial charge in [-0.25, -0.2) is 14.1 Å². The van der Waals surface area contributed by atoms with Gasteiger partial charge in [-0.1, -0.05) is 24.3 Å². The van der Waals surface area contributed by atoms with Crippen LogP contribution in [0.5, 0.6) is 5.75 Å². The summed E-state index contributed by atoms with van der Waals surface area (Å²) in [5.41, 5.74) is 0.960. The molecule has 1 amide bonds. The summed E-state index contributed by atoms with van der Waals surface area (Å²) in [6.07, 6.45) is 0. The number of amides is 1. The van der Waals surface area contributed by atoms with E-state index in [9.17, 15) is 9.18 Å². The molecule has 158 valence electrons. The first-order valence-electron chi connectivity index (χ1n) is 9.44. The van der Waals surface area contributed by atoms with Crippen molar-refractivity contribution in [1.29, 1.82) is 0 Å². The lowest BCUT2D eigenvalue weighted by Crippen LogP contribution is -2.16. The predicted molar refractivity (Wildman–Crippen MR) is 116 cm³/mol. The summed E-state index contributed by atoms with van der Waals surface area (Å²) in [5, 5.41) is 8.98. The third-order valence-electron chi connectivity index (χ3n) is 4.29. The van der Waals surface area contributed by atoms with Crippen LogP contribution in [0.4, 0.5) is 10.1 Å². The Balaban J connectivity index is 1.65. The molecule has 0 saturated heterocycles. The van der Waals surface area contributed by atoms with Crippen molar-refractivity contribution < 1.29 is 18.7 Å². The molecule has 2 aromatic carbocycles. The molecule has 0 aliphatic rings. The number of methoxy groups -OCH3 is 1. The molecule has 0 unspecified atom stereocenters. The van der Waals surface area contributed by atoms with Crippen molar-refractivity contribution in [1.82, 2.24) is 14.8 Å². The molecule has 0 bridgehead atoms. The van der Waals surface area contributed by atoms with Gasteiger partial charge in [0.05, 0.1) is 22.9 Å². The highest BCUT2D eigenvalue weighted by molar-refractivity contribution is 7.13. The Bertz CT molecular complexity index is 1160. The number of halogens is 1. The number of para-hydroxylation sites is 1. The Labute approximate surface area is 182 Å². The average molecular weight is 438 g/mol. The standard InChI is InChI=1S/C22H19FN4O3S/c1-29-11-12-30-18-10-9-15(23)14-17(18)24-22(28)20-25-21(19-8-5-13-31-19)27(26-20)16-6-3-2-4-7-16/h2-10,13-14H,11-12H2,1H3,(H,24,28). The molecule has 2 aromatic heterocycles. The number of carbonyl (C=O) groups is 1. The fourth-order valence-electron chi connectivity index (χ4n) is 2.86. The van der Waals surface area contributed by atoms with Gasteiger partial charge in [0.25, 0.3) is 5.91 Å². The number of aromatic nitrogens is 3. The van der Waals surface area contributed by atoms with Gasteiger partial charge in [0, 0.05) is 13.2 Å². The second-order valence-electron chi connectivity index (χ2n) is 6.42. The Morgan fingerprint density at radius 1 is 1.13 bits per heavy atom. The third-order valence-corrected chi connectivity index (χ3v) is 5.15. The Morgan fingerprint density at radius 3 is 2.71 bits per heavy atom. The van der Waals surface area contributed by atoms with E-state index < -0.39 is 11.7 Å². The molecular weight excluding hydrogens is 419 g/mol. The highest BCUT2D eigenvalue weighted by atomic mass is 32.1. The molecule has 4 rings (SSSR count). The molecule has 0 radical (unpaired) electrons. The van der Waals surface area contributed by atoms with Crippen molar-refractivity contribution in [3.63, 3.8) is 0 Å². The lowest BCUT2D eigenvalue weighted by atomic mass is 10.2. The molecule has 7 nitrogen and oxygen atoms in total. The number of nitrogens with zero attached hydrogens (tertiary/aromatic N) is 3. The summed E-state index contributed by atoms with van der Waals surface area (Å²) in [5.74, 6) is -0.250. The molecule has 0 aliphatic carbocycles.